The molecule has 0 saturated heterocycles. The van der Waals surface area contributed by atoms with Crippen molar-refractivity contribution in [3.63, 3.8) is 0 Å². The summed E-state index contributed by atoms with van der Waals surface area (Å²) in [5, 5.41) is 11.5. The Labute approximate surface area is 152 Å². The predicted octanol–water partition coefficient (Wildman–Crippen LogP) is 5.78. The maximum Gasteiger partial charge on any atom is 0.303 e. The van der Waals surface area contributed by atoms with Gasteiger partial charge in [0, 0.05) is 18.5 Å². The molecule has 4 heteroatoms. The van der Waals surface area contributed by atoms with Gasteiger partial charge in [-0.25, -0.2) is 0 Å². The Hall–Kier alpha value is -1.84. The summed E-state index contributed by atoms with van der Waals surface area (Å²) in [5.74, 6) is -0.577. The van der Waals surface area contributed by atoms with Crippen LogP contribution in [0.2, 0.25) is 0 Å². The Kier molecular flexibility index (Phi) is 12.3. The van der Waals surface area contributed by atoms with Crippen LogP contribution in [0.1, 0.15) is 83.5 Å². The van der Waals surface area contributed by atoms with Crippen molar-refractivity contribution in [2.24, 2.45) is 0 Å². The number of rotatable bonds is 15. The van der Waals surface area contributed by atoms with Gasteiger partial charge in [-0.05, 0) is 25.0 Å². The van der Waals surface area contributed by atoms with Crippen molar-refractivity contribution in [3.8, 4) is 0 Å². The summed E-state index contributed by atoms with van der Waals surface area (Å²) < 4.78 is 0. The van der Waals surface area contributed by atoms with Gasteiger partial charge in [-0.2, -0.15) is 0 Å². The van der Waals surface area contributed by atoms with Crippen LogP contribution in [0.3, 0.4) is 0 Å². The minimum Gasteiger partial charge on any atom is -0.481 e. The first kappa shape index (κ1) is 21.2. The normalized spacial score (nSPS) is 10.6. The number of benzene rings is 1. The Morgan fingerprint density at radius 1 is 0.680 bits per heavy atom. The quantitative estimate of drug-likeness (QED) is 0.395. The van der Waals surface area contributed by atoms with Gasteiger partial charge in [-0.1, -0.05) is 76.0 Å². The van der Waals surface area contributed by atoms with Gasteiger partial charge in [0.05, 0.1) is 0 Å². The van der Waals surface area contributed by atoms with Gasteiger partial charge < -0.3 is 10.4 Å². The third-order valence-electron chi connectivity index (χ3n) is 4.35. The molecule has 25 heavy (non-hydrogen) atoms. The van der Waals surface area contributed by atoms with Gasteiger partial charge in [0.2, 0.25) is 5.91 Å². The molecule has 1 amide bonds. The number of unbranched alkanes of at least 4 members (excludes halogenated alkanes) is 10. The monoisotopic (exact) mass is 347 g/mol. The van der Waals surface area contributed by atoms with E-state index in [1.165, 1.54) is 38.5 Å². The number of hydrogen-bond donors (Lipinski definition) is 2. The van der Waals surface area contributed by atoms with E-state index in [0.29, 0.717) is 12.8 Å². The summed E-state index contributed by atoms with van der Waals surface area (Å²) in [7, 11) is 0. The van der Waals surface area contributed by atoms with E-state index in [0.717, 1.165) is 37.8 Å². The lowest BCUT2D eigenvalue weighted by atomic mass is 10.0. The Morgan fingerprint density at radius 2 is 1.12 bits per heavy atom. The number of anilines is 1. The third-order valence-corrected chi connectivity index (χ3v) is 4.35. The van der Waals surface area contributed by atoms with E-state index in [-0.39, 0.29) is 5.91 Å². The van der Waals surface area contributed by atoms with Crippen LogP contribution < -0.4 is 5.32 Å². The molecule has 0 aromatic heterocycles. The first-order chi connectivity index (χ1) is 12.2. The number of amides is 1. The molecule has 0 radical (unpaired) electrons. The van der Waals surface area contributed by atoms with E-state index >= 15 is 0 Å². The number of carboxylic acid groups (broad SMARTS) is 1. The number of nitrogens with one attached hydrogen (secondary N) is 1. The van der Waals surface area contributed by atoms with E-state index in [2.05, 4.69) is 5.32 Å². The molecular weight excluding hydrogens is 314 g/mol. The highest BCUT2D eigenvalue weighted by Crippen LogP contribution is 2.13. The summed E-state index contributed by atoms with van der Waals surface area (Å²) in [6.07, 6.45) is 13.5. The topological polar surface area (TPSA) is 66.4 Å². The van der Waals surface area contributed by atoms with Gasteiger partial charge >= 0.3 is 5.97 Å². The molecule has 4 nitrogen and oxygen atoms in total. The summed E-state index contributed by atoms with van der Waals surface area (Å²) in [4.78, 5) is 22.2. The lowest BCUT2D eigenvalue weighted by Crippen LogP contribution is -2.10. The zero-order valence-corrected chi connectivity index (χ0v) is 15.3. The van der Waals surface area contributed by atoms with Crippen LogP contribution >= 0.6 is 0 Å². The lowest BCUT2D eigenvalue weighted by molar-refractivity contribution is -0.137. The molecule has 0 spiro atoms. The second kappa shape index (κ2) is 14.5. The van der Waals surface area contributed by atoms with Gasteiger partial charge in [-0.15, -0.1) is 0 Å². The van der Waals surface area contributed by atoms with E-state index in [1.807, 2.05) is 30.3 Å². The van der Waals surface area contributed by atoms with Crippen molar-refractivity contribution in [3.05, 3.63) is 30.3 Å². The third kappa shape index (κ3) is 13.2. The minimum atomic E-state index is -0.683. The van der Waals surface area contributed by atoms with Crippen molar-refractivity contribution in [1.82, 2.24) is 0 Å². The van der Waals surface area contributed by atoms with E-state index in [1.54, 1.807) is 0 Å². The van der Waals surface area contributed by atoms with Crippen LogP contribution in [0.5, 0.6) is 0 Å². The highest BCUT2D eigenvalue weighted by atomic mass is 16.4. The maximum absolute atomic E-state index is 11.8. The second-order valence-corrected chi connectivity index (χ2v) is 6.70. The predicted molar refractivity (Wildman–Crippen MR) is 103 cm³/mol. The Morgan fingerprint density at radius 3 is 1.60 bits per heavy atom. The zero-order valence-electron chi connectivity index (χ0n) is 15.3. The lowest BCUT2D eigenvalue weighted by Gasteiger charge is -2.05. The molecule has 0 aliphatic carbocycles. The van der Waals surface area contributed by atoms with Crippen LogP contribution in [0.4, 0.5) is 5.69 Å². The van der Waals surface area contributed by atoms with E-state index in [4.69, 9.17) is 5.11 Å². The number of carbonyl (C=O) groups is 2. The smallest absolute Gasteiger partial charge is 0.303 e. The molecule has 0 aliphatic rings. The first-order valence-electron chi connectivity index (χ1n) is 9.75. The molecular formula is C21H33NO3. The maximum atomic E-state index is 11.8. The SMILES string of the molecule is O=C(O)CCCCCCCCCCCCCC(=O)Nc1ccccc1. The largest absolute Gasteiger partial charge is 0.481 e. The van der Waals surface area contributed by atoms with E-state index in [9.17, 15) is 9.59 Å². The average Bonchev–Trinajstić information content (AvgIpc) is 2.59. The summed E-state index contributed by atoms with van der Waals surface area (Å²) in [6.45, 7) is 0. The molecule has 0 unspecified atom stereocenters. The number of aliphatic carboxylic acids is 1. The molecule has 0 bridgehead atoms. The van der Waals surface area contributed by atoms with Crippen LogP contribution in [0, 0.1) is 0 Å². The van der Waals surface area contributed by atoms with Crippen molar-refractivity contribution in [2.45, 2.75) is 83.5 Å². The number of carboxylic acids is 1. The molecule has 0 saturated carbocycles. The number of hydrogen-bond acceptors (Lipinski definition) is 2. The van der Waals surface area contributed by atoms with Crippen LogP contribution in [-0.4, -0.2) is 17.0 Å². The van der Waals surface area contributed by atoms with Crippen LogP contribution in [0.15, 0.2) is 30.3 Å². The fourth-order valence-corrected chi connectivity index (χ4v) is 2.90. The Balaban J connectivity index is 1.81. The fourth-order valence-electron chi connectivity index (χ4n) is 2.90. The average molecular weight is 347 g/mol. The Bertz CT molecular complexity index is 473. The van der Waals surface area contributed by atoms with Crippen LogP contribution in [-0.2, 0) is 9.59 Å². The minimum absolute atomic E-state index is 0.106. The fraction of sp³-hybridized carbons (Fsp3) is 0.619. The molecule has 0 atom stereocenters. The standard InChI is InChI=1S/C21H33NO3/c23-20(22-19-15-11-10-12-16-19)17-13-8-6-4-2-1-3-5-7-9-14-18-21(24)25/h10-12,15-16H,1-9,13-14,17-18H2,(H,22,23)(H,24,25). The van der Waals surface area contributed by atoms with Crippen molar-refractivity contribution in [2.75, 3.05) is 5.32 Å². The number of para-hydroxylation sites is 1. The van der Waals surface area contributed by atoms with Gasteiger partial charge in [0.15, 0.2) is 0 Å². The summed E-state index contributed by atoms with van der Waals surface area (Å²) in [5.41, 5.74) is 0.871. The van der Waals surface area contributed by atoms with Gasteiger partial charge in [0.1, 0.15) is 0 Å². The van der Waals surface area contributed by atoms with E-state index < -0.39 is 5.97 Å². The molecule has 1 rings (SSSR count). The molecule has 1 aromatic carbocycles. The first-order valence-corrected chi connectivity index (χ1v) is 9.75. The molecule has 2 N–H and O–H groups in total. The zero-order chi connectivity index (χ0) is 18.2. The summed E-state index contributed by atoms with van der Waals surface area (Å²) in [6, 6.07) is 9.60. The molecule has 1 aromatic rings. The van der Waals surface area contributed by atoms with Gasteiger partial charge in [0.25, 0.3) is 0 Å². The van der Waals surface area contributed by atoms with Crippen LogP contribution in [0.25, 0.3) is 0 Å². The molecule has 0 fully saturated rings. The number of carbonyl (C=O) groups excluding carboxylic acids is 1. The molecule has 140 valence electrons. The van der Waals surface area contributed by atoms with Crippen molar-refractivity contribution >= 4 is 17.6 Å². The van der Waals surface area contributed by atoms with Gasteiger partial charge in [-0.3, -0.25) is 9.59 Å². The highest BCUT2D eigenvalue weighted by Gasteiger charge is 2.01. The molecule has 0 aliphatic heterocycles. The van der Waals surface area contributed by atoms with Crippen molar-refractivity contribution < 1.29 is 14.7 Å². The highest BCUT2D eigenvalue weighted by molar-refractivity contribution is 5.90. The molecule has 0 heterocycles. The summed E-state index contributed by atoms with van der Waals surface area (Å²) >= 11 is 0. The van der Waals surface area contributed by atoms with Crippen molar-refractivity contribution in [1.29, 1.82) is 0 Å². The second-order valence-electron chi connectivity index (χ2n) is 6.70.